The van der Waals surface area contributed by atoms with Gasteiger partial charge in [-0.3, -0.25) is 14.4 Å². The van der Waals surface area contributed by atoms with Gasteiger partial charge in [-0.1, -0.05) is 12.1 Å². The summed E-state index contributed by atoms with van der Waals surface area (Å²) in [7, 11) is 1.33. The zero-order chi connectivity index (χ0) is 27.5. The molecule has 2 aromatic rings. The van der Waals surface area contributed by atoms with E-state index in [0.29, 0.717) is 6.42 Å². The quantitative estimate of drug-likeness (QED) is 0.299. The van der Waals surface area contributed by atoms with E-state index in [-0.39, 0.29) is 40.5 Å². The van der Waals surface area contributed by atoms with E-state index >= 15 is 0 Å². The van der Waals surface area contributed by atoms with Gasteiger partial charge in [0, 0.05) is 36.0 Å². The highest BCUT2D eigenvalue weighted by molar-refractivity contribution is 6.31. The third-order valence-corrected chi connectivity index (χ3v) is 7.51. The second kappa shape index (κ2) is 9.44. The normalized spacial score (nSPS) is 28.3. The topological polar surface area (TPSA) is 180 Å². The Morgan fingerprint density at radius 1 is 1.11 bits per heavy atom. The number of aliphatic hydroxyl groups is 3. The Morgan fingerprint density at radius 3 is 2.47 bits per heavy atom. The number of ether oxygens (including phenoxy) is 3. The minimum Gasteiger partial charge on any atom is -0.507 e. The van der Waals surface area contributed by atoms with E-state index in [9.17, 15) is 39.9 Å². The molecule has 2 aromatic carbocycles. The van der Waals surface area contributed by atoms with Gasteiger partial charge in [0.25, 0.3) is 0 Å². The third kappa shape index (κ3) is 3.98. The van der Waals surface area contributed by atoms with Crippen LogP contribution in [0.3, 0.4) is 0 Å². The van der Waals surface area contributed by atoms with Gasteiger partial charge in [0.1, 0.15) is 29.5 Å². The fourth-order valence-electron chi connectivity index (χ4n) is 5.74. The van der Waals surface area contributed by atoms with Crippen molar-refractivity contribution in [2.75, 3.05) is 13.7 Å². The highest BCUT2D eigenvalue weighted by Crippen LogP contribution is 2.52. The Bertz CT molecular complexity index is 1340. The number of phenols is 2. The highest BCUT2D eigenvalue weighted by Gasteiger charge is 2.49. The lowest BCUT2D eigenvalue weighted by Crippen LogP contribution is -2.48. The molecule has 1 aliphatic heterocycles. The number of benzene rings is 2. The maximum atomic E-state index is 13.6. The maximum Gasteiger partial charge on any atom is 0.202 e. The summed E-state index contributed by atoms with van der Waals surface area (Å²) < 4.78 is 17.0. The van der Waals surface area contributed by atoms with Crippen molar-refractivity contribution in [3.8, 4) is 17.2 Å². The standard InChI is InChI=1S/C27H28O11/c1-11-6-12(29)7-18(37-11)38-16-9-27(35,17(30)10-28)8-14-20(16)26(34)22-21(24(14)32)23(31)13-4-3-5-15(36-2)19(13)25(22)33/h3-5,11-12,16,18,28-29,32,34-35H,6-10H2,1-2H3/t11-,12+,16+,18-,27+/m1/s1. The Morgan fingerprint density at radius 2 is 1.82 bits per heavy atom. The predicted octanol–water partition coefficient (Wildman–Crippen LogP) is 1.06. The molecule has 3 aliphatic rings. The van der Waals surface area contributed by atoms with Gasteiger partial charge in [0.2, 0.25) is 5.78 Å². The van der Waals surface area contributed by atoms with Crippen molar-refractivity contribution in [2.24, 2.45) is 0 Å². The van der Waals surface area contributed by atoms with Gasteiger partial charge in [0.15, 0.2) is 17.9 Å². The second-order valence-electron chi connectivity index (χ2n) is 10.0. The van der Waals surface area contributed by atoms with Crippen molar-refractivity contribution in [1.29, 1.82) is 0 Å². The van der Waals surface area contributed by atoms with E-state index in [0.717, 1.165) is 0 Å². The first-order chi connectivity index (χ1) is 18.0. The molecule has 0 radical (unpaired) electrons. The predicted molar refractivity (Wildman–Crippen MR) is 128 cm³/mol. The van der Waals surface area contributed by atoms with Crippen molar-refractivity contribution in [3.63, 3.8) is 0 Å². The summed E-state index contributed by atoms with van der Waals surface area (Å²) in [6.07, 6.45) is -4.01. The van der Waals surface area contributed by atoms with Crippen molar-refractivity contribution in [1.82, 2.24) is 0 Å². The number of aliphatic hydroxyl groups excluding tert-OH is 2. The van der Waals surface area contributed by atoms with Crippen molar-refractivity contribution >= 4 is 17.3 Å². The molecule has 0 unspecified atom stereocenters. The lowest BCUT2D eigenvalue weighted by molar-refractivity contribution is -0.239. The number of rotatable bonds is 5. The lowest BCUT2D eigenvalue weighted by atomic mass is 9.72. The Labute approximate surface area is 217 Å². The molecule has 0 spiro atoms. The number of carbonyl (C=O) groups is 3. The zero-order valence-electron chi connectivity index (χ0n) is 20.8. The highest BCUT2D eigenvalue weighted by atomic mass is 16.7. The molecule has 0 amide bonds. The van der Waals surface area contributed by atoms with Crippen LogP contribution in [0.25, 0.3) is 0 Å². The van der Waals surface area contributed by atoms with Gasteiger partial charge >= 0.3 is 0 Å². The fourth-order valence-corrected chi connectivity index (χ4v) is 5.74. The molecule has 0 saturated carbocycles. The van der Waals surface area contributed by atoms with Gasteiger partial charge < -0.3 is 39.7 Å². The maximum absolute atomic E-state index is 13.6. The molecule has 202 valence electrons. The van der Waals surface area contributed by atoms with E-state index < -0.39 is 83.5 Å². The van der Waals surface area contributed by atoms with E-state index in [4.69, 9.17) is 14.2 Å². The van der Waals surface area contributed by atoms with Crippen LogP contribution in [-0.4, -0.2) is 80.7 Å². The first-order valence-corrected chi connectivity index (χ1v) is 12.2. The first-order valence-electron chi connectivity index (χ1n) is 12.2. The molecule has 0 bridgehead atoms. The number of ketones is 3. The smallest absolute Gasteiger partial charge is 0.202 e. The van der Waals surface area contributed by atoms with Gasteiger partial charge in [-0.05, 0) is 19.4 Å². The molecule has 11 nitrogen and oxygen atoms in total. The van der Waals surface area contributed by atoms with Gasteiger partial charge in [0.05, 0.1) is 42.1 Å². The monoisotopic (exact) mass is 528 g/mol. The van der Waals surface area contributed by atoms with Crippen LogP contribution < -0.4 is 4.74 Å². The molecule has 1 saturated heterocycles. The van der Waals surface area contributed by atoms with Crippen LogP contribution in [0.2, 0.25) is 0 Å². The minimum absolute atomic E-state index is 0.0413. The van der Waals surface area contributed by atoms with Crippen LogP contribution in [0.15, 0.2) is 18.2 Å². The number of hydrogen-bond donors (Lipinski definition) is 5. The zero-order valence-corrected chi connectivity index (χ0v) is 20.8. The molecular weight excluding hydrogens is 500 g/mol. The van der Waals surface area contributed by atoms with Crippen LogP contribution in [-0.2, 0) is 20.7 Å². The molecule has 5 N–H and O–H groups in total. The van der Waals surface area contributed by atoms with Crippen molar-refractivity contribution < 1.29 is 54.1 Å². The van der Waals surface area contributed by atoms with E-state index in [1.54, 1.807) is 6.92 Å². The third-order valence-electron chi connectivity index (χ3n) is 7.51. The molecule has 1 heterocycles. The van der Waals surface area contributed by atoms with Crippen molar-refractivity contribution in [3.05, 3.63) is 51.6 Å². The van der Waals surface area contributed by atoms with Gasteiger partial charge in [-0.25, -0.2) is 0 Å². The number of fused-ring (bicyclic) bond motifs is 3. The fraction of sp³-hybridized carbons (Fsp3) is 0.444. The summed E-state index contributed by atoms with van der Waals surface area (Å²) in [6, 6.07) is 4.39. The molecular formula is C27H28O11. The van der Waals surface area contributed by atoms with Crippen LogP contribution in [0, 0.1) is 0 Å². The van der Waals surface area contributed by atoms with E-state index in [1.807, 2.05) is 0 Å². The summed E-state index contributed by atoms with van der Waals surface area (Å²) in [5.74, 6) is -3.68. The average Bonchev–Trinajstić information content (AvgIpc) is 2.87. The van der Waals surface area contributed by atoms with Crippen molar-refractivity contribution in [2.45, 2.75) is 62.8 Å². The number of phenolic OH excluding ortho intramolecular Hbond substituents is 2. The molecule has 0 aromatic heterocycles. The average molecular weight is 529 g/mol. The van der Waals surface area contributed by atoms with Gasteiger partial charge in [-0.2, -0.15) is 0 Å². The number of Topliss-reactive ketones (excluding diaryl/α,β-unsaturated/α-hetero) is 1. The Kier molecular flexibility index (Phi) is 6.52. The van der Waals surface area contributed by atoms with E-state index in [1.165, 1.54) is 25.3 Å². The second-order valence-corrected chi connectivity index (χ2v) is 10.0. The lowest BCUT2D eigenvalue weighted by Gasteiger charge is -2.41. The van der Waals surface area contributed by atoms with Crippen LogP contribution >= 0.6 is 0 Å². The molecule has 1 fully saturated rings. The van der Waals surface area contributed by atoms with Crippen LogP contribution in [0.5, 0.6) is 17.2 Å². The Hall–Kier alpha value is -3.35. The largest absolute Gasteiger partial charge is 0.507 e. The first kappa shape index (κ1) is 26.3. The summed E-state index contributed by atoms with van der Waals surface area (Å²) >= 11 is 0. The number of methoxy groups -OCH3 is 1. The minimum atomic E-state index is -2.22. The van der Waals surface area contributed by atoms with Gasteiger partial charge in [-0.15, -0.1) is 0 Å². The number of aromatic hydroxyl groups is 2. The molecule has 5 rings (SSSR count). The van der Waals surface area contributed by atoms with E-state index in [2.05, 4.69) is 0 Å². The van der Waals surface area contributed by atoms with Crippen LogP contribution in [0.4, 0.5) is 0 Å². The molecule has 5 atom stereocenters. The molecule has 2 aliphatic carbocycles. The number of carbonyl (C=O) groups excluding carboxylic acids is 3. The Balaban J connectivity index is 1.70. The summed E-state index contributed by atoms with van der Waals surface area (Å²) in [6.45, 7) is 0.727. The molecule has 38 heavy (non-hydrogen) atoms. The summed E-state index contributed by atoms with van der Waals surface area (Å²) in [4.78, 5) is 39.7. The molecule has 11 heteroatoms. The SMILES string of the molecule is COc1cccc2c1C(=O)c1c(O)c3c(c(O)c1C2=O)C[C@@](O)(C(=O)CO)C[C@@H]3O[C@@H]1C[C@@H](O)C[C@@H](C)O1. The van der Waals surface area contributed by atoms with Crippen LogP contribution in [0.1, 0.15) is 75.3 Å². The number of hydrogen-bond acceptors (Lipinski definition) is 11. The summed E-state index contributed by atoms with van der Waals surface area (Å²) in [5, 5.41) is 53.7. The summed E-state index contributed by atoms with van der Waals surface area (Å²) in [5.41, 5.74) is -3.51.